The number of amides is 3. The zero-order valence-electron chi connectivity index (χ0n) is 13.3. The molecule has 1 aliphatic carbocycles. The molecule has 9 heteroatoms. The number of carbonyl (C=O) groups excluding carboxylic acids is 3. The summed E-state index contributed by atoms with van der Waals surface area (Å²) in [4.78, 5) is 37.7. The van der Waals surface area contributed by atoms with Gasteiger partial charge in [0, 0.05) is 6.04 Å². The van der Waals surface area contributed by atoms with Crippen LogP contribution < -0.4 is 5.32 Å². The molecule has 1 saturated carbocycles. The van der Waals surface area contributed by atoms with Gasteiger partial charge in [0.15, 0.2) is 0 Å². The second-order valence-corrected chi connectivity index (χ2v) is 6.26. The molecule has 3 amide bonds. The third-order valence-corrected chi connectivity index (χ3v) is 4.41. The van der Waals surface area contributed by atoms with Gasteiger partial charge in [-0.1, -0.05) is 12.1 Å². The van der Waals surface area contributed by atoms with Crippen LogP contribution in [0, 0.1) is 0 Å². The Kier molecular flexibility index (Phi) is 3.75. The first-order chi connectivity index (χ1) is 12.1. The Labute approximate surface area is 143 Å². The fourth-order valence-corrected chi connectivity index (χ4v) is 3.06. The van der Waals surface area contributed by atoms with E-state index >= 15 is 0 Å². The van der Waals surface area contributed by atoms with Crippen molar-refractivity contribution in [2.45, 2.75) is 37.8 Å². The summed E-state index contributed by atoms with van der Waals surface area (Å²) >= 11 is 0. The highest BCUT2D eigenvalue weighted by Gasteiger charge is 2.44. The van der Waals surface area contributed by atoms with E-state index in [1.165, 1.54) is 11.0 Å². The third kappa shape index (κ3) is 3.12. The first kappa shape index (κ1) is 15.4. The molecule has 1 unspecified atom stereocenters. The molecule has 0 spiro atoms. The molecule has 1 atom stereocenters. The topological polar surface area (TPSA) is 110 Å². The number of nitrogens with one attached hydrogen (secondary N) is 1. The Balaban J connectivity index is 1.48. The smallest absolute Gasteiger partial charge is 0.249 e. The van der Waals surface area contributed by atoms with Crippen molar-refractivity contribution in [3.8, 4) is 5.69 Å². The first-order valence-electron chi connectivity index (χ1n) is 8.09. The average Bonchev–Trinajstić information content (AvgIpc) is 3.15. The first-order valence-corrected chi connectivity index (χ1v) is 8.09. The minimum Gasteiger partial charge on any atom is -0.327 e. The summed E-state index contributed by atoms with van der Waals surface area (Å²) in [6.45, 7) is 0. The molecule has 25 heavy (non-hydrogen) atoms. The van der Waals surface area contributed by atoms with E-state index in [0.29, 0.717) is 0 Å². The Morgan fingerprint density at radius 1 is 1.24 bits per heavy atom. The average molecular weight is 340 g/mol. The van der Waals surface area contributed by atoms with Crippen LogP contribution in [0.25, 0.3) is 5.69 Å². The molecule has 2 aliphatic rings. The van der Waals surface area contributed by atoms with Crippen LogP contribution in [0.4, 0.5) is 0 Å². The summed E-state index contributed by atoms with van der Waals surface area (Å²) in [7, 11) is 0. The van der Waals surface area contributed by atoms with E-state index in [-0.39, 0.29) is 36.6 Å². The van der Waals surface area contributed by atoms with Gasteiger partial charge in [0.1, 0.15) is 12.4 Å². The van der Waals surface area contributed by atoms with E-state index in [4.69, 9.17) is 0 Å². The van der Waals surface area contributed by atoms with Gasteiger partial charge >= 0.3 is 0 Å². The van der Waals surface area contributed by atoms with Crippen molar-refractivity contribution in [2.24, 2.45) is 0 Å². The van der Waals surface area contributed by atoms with Gasteiger partial charge in [-0.15, -0.1) is 5.10 Å². The van der Waals surface area contributed by atoms with E-state index in [9.17, 15) is 14.4 Å². The lowest BCUT2D eigenvalue weighted by molar-refractivity contribution is -0.139. The summed E-state index contributed by atoms with van der Waals surface area (Å²) in [6, 6.07) is 6.71. The molecule has 1 N–H and O–H groups in total. The molecular formula is C16H16N6O3. The lowest BCUT2D eigenvalue weighted by atomic mass is 10.1. The number of hydrogen-bond donors (Lipinski definition) is 1. The van der Waals surface area contributed by atoms with Crippen LogP contribution in [-0.4, -0.2) is 54.9 Å². The van der Waals surface area contributed by atoms with Crippen LogP contribution >= 0.6 is 0 Å². The summed E-state index contributed by atoms with van der Waals surface area (Å²) in [5, 5.41) is 13.3. The number of tetrazole rings is 1. The number of hydrogen-bond acceptors (Lipinski definition) is 6. The van der Waals surface area contributed by atoms with Gasteiger partial charge in [0.25, 0.3) is 0 Å². The Morgan fingerprint density at radius 3 is 2.56 bits per heavy atom. The SMILES string of the molecule is O=C1CC(N(C(=O)Cc2ccc(-n3cnnn3)cc2)C2CC2)C(=O)N1. The number of carbonyl (C=O) groups is 3. The maximum absolute atomic E-state index is 12.7. The molecule has 1 aliphatic heterocycles. The van der Waals surface area contributed by atoms with Crippen LogP contribution in [0.2, 0.25) is 0 Å². The van der Waals surface area contributed by atoms with E-state index in [2.05, 4.69) is 20.8 Å². The summed E-state index contributed by atoms with van der Waals surface area (Å²) in [5.41, 5.74) is 1.62. The number of rotatable bonds is 5. The van der Waals surface area contributed by atoms with E-state index in [1.54, 1.807) is 4.90 Å². The Hall–Kier alpha value is -3.10. The van der Waals surface area contributed by atoms with Gasteiger partial charge in [0.2, 0.25) is 17.7 Å². The molecule has 0 bridgehead atoms. The van der Waals surface area contributed by atoms with Gasteiger partial charge in [0.05, 0.1) is 18.5 Å². The maximum atomic E-state index is 12.7. The molecule has 1 aromatic carbocycles. The second-order valence-electron chi connectivity index (χ2n) is 6.26. The maximum Gasteiger partial charge on any atom is 0.249 e. The number of imide groups is 1. The second kappa shape index (κ2) is 6.08. The normalized spacial score (nSPS) is 19.8. The molecule has 1 aromatic heterocycles. The highest BCUT2D eigenvalue weighted by molar-refractivity contribution is 6.07. The van der Waals surface area contributed by atoms with Crippen LogP contribution in [0.3, 0.4) is 0 Å². The Morgan fingerprint density at radius 2 is 2.00 bits per heavy atom. The molecule has 9 nitrogen and oxygen atoms in total. The zero-order chi connectivity index (χ0) is 17.4. The monoisotopic (exact) mass is 340 g/mol. The van der Waals surface area contributed by atoms with Crippen LogP contribution in [-0.2, 0) is 20.8 Å². The lowest BCUT2D eigenvalue weighted by Gasteiger charge is -2.26. The van der Waals surface area contributed by atoms with E-state index in [1.807, 2.05) is 24.3 Å². The number of aromatic nitrogens is 4. The van der Waals surface area contributed by atoms with E-state index < -0.39 is 6.04 Å². The van der Waals surface area contributed by atoms with E-state index in [0.717, 1.165) is 24.1 Å². The predicted molar refractivity (Wildman–Crippen MR) is 84.3 cm³/mol. The van der Waals surface area contributed by atoms with Gasteiger partial charge in [-0.25, -0.2) is 4.68 Å². The molecule has 0 radical (unpaired) electrons. The van der Waals surface area contributed by atoms with Gasteiger partial charge < -0.3 is 4.90 Å². The lowest BCUT2D eigenvalue weighted by Crippen LogP contribution is -2.46. The molecule has 2 aromatic rings. The van der Waals surface area contributed by atoms with Crippen LogP contribution in [0.5, 0.6) is 0 Å². The Bertz CT molecular complexity index is 813. The number of nitrogens with zero attached hydrogens (tertiary/aromatic N) is 5. The van der Waals surface area contributed by atoms with Crippen molar-refractivity contribution in [3.05, 3.63) is 36.2 Å². The highest BCUT2D eigenvalue weighted by Crippen LogP contribution is 2.31. The van der Waals surface area contributed by atoms with Gasteiger partial charge in [-0.2, -0.15) is 0 Å². The summed E-state index contributed by atoms with van der Waals surface area (Å²) in [5.74, 6) is -0.828. The molecule has 1 saturated heterocycles. The van der Waals surface area contributed by atoms with Gasteiger partial charge in [-0.3, -0.25) is 19.7 Å². The highest BCUT2D eigenvalue weighted by atomic mass is 16.2. The van der Waals surface area contributed by atoms with Crippen molar-refractivity contribution in [2.75, 3.05) is 0 Å². The quantitative estimate of drug-likeness (QED) is 0.742. The predicted octanol–water partition coefficient (Wildman–Crippen LogP) is -0.389. The van der Waals surface area contributed by atoms with Crippen molar-refractivity contribution in [1.82, 2.24) is 30.4 Å². The van der Waals surface area contributed by atoms with Crippen LogP contribution in [0.15, 0.2) is 30.6 Å². The van der Waals surface area contributed by atoms with Crippen molar-refractivity contribution >= 4 is 17.7 Å². The minimum absolute atomic E-state index is 0.0549. The van der Waals surface area contributed by atoms with Crippen molar-refractivity contribution < 1.29 is 14.4 Å². The fourth-order valence-electron chi connectivity index (χ4n) is 3.06. The largest absolute Gasteiger partial charge is 0.327 e. The molecule has 4 rings (SSSR count). The van der Waals surface area contributed by atoms with Crippen molar-refractivity contribution in [1.29, 1.82) is 0 Å². The summed E-state index contributed by atoms with van der Waals surface area (Å²) in [6.07, 6.45) is 3.48. The standard InChI is InChI=1S/C16H16N6O3/c23-14-8-13(16(25)18-14)22(12-5-6-12)15(24)7-10-1-3-11(4-2-10)21-9-17-19-20-21/h1-4,9,12-13H,5-8H2,(H,18,23,25). The molecule has 2 heterocycles. The third-order valence-electron chi connectivity index (χ3n) is 4.41. The molecule has 128 valence electrons. The van der Waals surface area contributed by atoms with Crippen molar-refractivity contribution in [3.63, 3.8) is 0 Å². The molecular weight excluding hydrogens is 324 g/mol. The minimum atomic E-state index is -0.673. The number of benzene rings is 1. The van der Waals surface area contributed by atoms with Gasteiger partial charge in [-0.05, 0) is 41.0 Å². The molecule has 2 fully saturated rings. The fraction of sp³-hybridized carbons (Fsp3) is 0.375. The zero-order valence-corrected chi connectivity index (χ0v) is 13.3. The summed E-state index contributed by atoms with van der Waals surface area (Å²) < 4.78 is 1.52. The van der Waals surface area contributed by atoms with Crippen LogP contribution in [0.1, 0.15) is 24.8 Å².